The molecule has 1 fully saturated rings. The van der Waals surface area contributed by atoms with Crippen LogP contribution in [-0.4, -0.2) is 49.5 Å². The van der Waals surface area contributed by atoms with Crippen LogP contribution in [0.1, 0.15) is 5.69 Å². The fourth-order valence-electron chi connectivity index (χ4n) is 1.93. The minimum atomic E-state index is 0.0969. The zero-order chi connectivity index (χ0) is 12.8. The van der Waals surface area contributed by atoms with Crippen molar-refractivity contribution in [3.8, 4) is 0 Å². The average Bonchev–Trinajstić information content (AvgIpc) is 2.45. The van der Waals surface area contributed by atoms with Gasteiger partial charge in [-0.3, -0.25) is 0 Å². The molecule has 1 aliphatic rings. The molecule has 1 aromatic heterocycles. The lowest BCUT2D eigenvalue weighted by atomic mass is 10.2. The first-order valence-electron chi connectivity index (χ1n) is 6.12. The van der Waals surface area contributed by atoms with E-state index in [9.17, 15) is 0 Å². The second-order valence-corrected chi connectivity index (χ2v) is 4.43. The van der Waals surface area contributed by atoms with Crippen LogP contribution in [0.3, 0.4) is 0 Å². The second-order valence-electron chi connectivity index (χ2n) is 4.11. The first-order chi connectivity index (χ1) is 8.83. The zero-order valence-electron chi connectivity index (χ0n) is 10.3. The zero-order valence-corrected chi connectivity index (χ0v) is 11.2. The van der Waals surface area contributed by atoms with Crippen molar-refractivity contribution < 1.29 is 9.84 Å². The summed E-state index contributed by atoms with van der Waals surface area (Å²) in [6.45, 7) is 3.92. The van der Waals surface area contributed by atoms with Gasteiger partial charge in [-0.2, -0.15) is 12.6 Å². The molecular weight excluding hydrogens is 250 g/mol. The molecule has 100 valence electrons. The number of aliphatic hydroxyl groups is 1. The lowest BCUT2D eigenvalue weighted by Crippen LogP contribution is -2.36. The Morgan fingerprint density at radius 1 is 1.39 bits per heavy atom. The summed E-state index contributed by atoms with van der Waals surface area (Å²) in [5, 5.41) is 11.9. The maximum atomic E-state index is 8.84. The topological polar surface area (TPSA) is 57.6 Å². The molecule has 1 aromatic rings. The van der Waals surface area contributed by atoms with Gasteiger partial charge in [0.05, 0.1) is 25.5 Å². The van der Waals surface area contributed by atoms with Crippen molar-refractivity contribution in [3.05, 3.63) is 17.8 Å². The summed E-state index contributed by atoms with van der Waals surface area (Å²) in [6.07, 6.45) is 0. The third-order valence-corrected chi connectivity index (χ3v) is 3.14. The number of nitrogens with zero attached hydrogens (tertiary/aromatic N) is 2. The van der Waals surface area contributed by atoms with E-state index in [2.05, 4.69) is 33.9 Å². The second kappa shape index (κ2) is 6.82. The van der Waals surface area contributed by atoms with Crippen molar-refractivity contribution in [2.24, 2.45) is 0 Å². The highest BCUT2D eigenvalue weighted by Crippen LogP contribution is 2.21. The van der Waals surface area contributed by atoms with Gasteiger partial charge >= 0.3 is 0 Å². The van der Waals surface area contributed by atoms with E-state index in [1.165, 1.54) is 0 Å². The van der Waals surface area contributed by atoms with E-state index in [4.69, 9.17) is 9.84 Å². The van der Waals surface area contributed by atoms with Crippen LogP contribution in [0.4, 0.5) is 11.5 Å². The van der Waals surface area contributed by atoms with Crippen LogP contribution >= 0.6 is 12.6 Å². The van der Waals surface area contributed by atoms with Crippen molar-refractivity contribution in [1.82, 2.24) is 4.98 Å². The van der Waals surface area contributed by atoms with Crippen LogP contribution in [0.25, 0.3) is 0 Å². The van der Waals surface area contributed by atoms with Crippen molar-refractivity contribution in [1.29, 1.82) is 0 Å². The molecule has 0 unspecified atom stereocenters. The van der Waals surface area contributed by atoms with Gasteiger partial charge in [-0.15, -0.1) is 0 Å². The molecule has 2 rings (SSSR count). The molecule has 5 nitrogen and oxygen atoms in total. The predicted octanol–water partition coefficient (Wildman–Crippen LogP) is 0.752. The monoisotopic (exact) mass is 269 g/mol. The molecule has 6 heteroatoms. The number of aliphatic hydroxyl groups excluding tert-OH is 1. The number of rotatable bonds is 5. The quantitative estimate of drug-likeness (QED) is 0.689. The molecular formula is C12H19N3O2S. The number of ether oxygens (including phenoxy) is 1. The van der Waals surface area contributed by atoms with Crippen molar-refractivity contribution in [2.45, 2.75) is 5.75 Å². The highest BCUT2D eigenvalue weighted by molar-refractivity contribution is 7.79. The summed E-state index contributed by atoms with van der Waals surface area (Å²) in [6, 6.07) is 4.07. The van der Waals surface area contributed by atoms with Gasteiger partial charge < -0.3 is 20.1 Å². The molecule has 0 aliphatic carbocycles. The lowest BCUT2D eigenvalue weighted by molar-refractivity contribution is 0.122. The molecule has 0 spiro atoms. The Kier molecular flexibility index (Phi) is 5.10. The molecule has 0 saturated carbocycles. The summed E-state index contributed by atoms with van der Waals surface area (Å²) in [5.74, 6) is 1.39. The Morgan fingerprint density at radius 3 is 2.83 bits per heavy atom. The highest BCUT2D eigenvalue weighted by atomic mass is 32.1. The number of morpholine rings is 1. The Balaban J connectivity index is 2.16. The summed E-state index contributed by atoms with van der Waals surface area (Å²) in [4.78, 5) is 6.71. The third-order valence-electron chi connectivity index (χ3n) is 2.82. The number of pyridine rings is 1. The standard InChI is InChI=1S/C12H19N3O2S/c16-4-1-13-12-8-11(7-10(9-18)14-12)15-2-5-17-6-3-15/h7-8,16,18H,1-6,9H2,(H,13,14). The normalized spacial score (nSPS) is 15.8. The van der Waals surface area contributed by atoms with Gasteiger partial charge in [0.2, 0.25) is 0 Å². The lowest BCUT2D eigenvalue weighted by Gasteiger charge is -2.29. The van der Waals surface area contributed by atoms with Crippen molar-refractivity contribution in [3.63, 3.8) is 0 Å². The van der Waals surface area contributed by atoms with E-state index < -0.39 is 0 Å². The van der Waals surface area contributed by atoms with Crippen LogP contribution in [0.5, 0.6) is 0 Å². The molecule has 0 radical (unpaired) electrons. The summed E-state index contributed by atoms with van der Waals surface area (Å²) < 4.78 is 5.35. The van der Waals surface area contributed by atoms with Crippen molar-refractivity contribution in [2.75, 3.05) is 49.7 Å². The maximum absolute atomic E-state index is 8.84. The first kappa shape index (κ1) is 13.5. The van der Waals surface area contributed by atoms with Gasteiger partial charge in [-0.05, 0) is 6.07 Å². The smallest absolute Gasteiger partial charge is 0.128 e. The largest absolute Gasteiger partial charge is 0.395 e. The Bertz CT molecular complexity index is 384. The Morgan fingerprint density at radius 2 is 2.17 bits per heavy atom. The van der Waals surface area contributed by atoms with E-state index in [1.54, 1.807) is 0 Å². The first-order valence-corrected chi connectivity index (χ1v) is 6.76. The number of thiol groups is 1. The van der Waals surface area contributed by atoms with E-state index in [-0.39, 0.29) is 6.61 Å². The Labute approximate surface area is 113 Å². The molecule has 0 aromatic carbocycles. The van der Waals surface area contributed by atoms with Gasteiger partial charge in [0, 0.05) is 37.1 Å². The number of anilines is 2. The molecule has 0 atom stereocenters. The maximum Gasteiger partial charge on any atom is 0.128 e. The van der Waals surface area contributed by atoms with E-state index in [0.717, 1.165) is 43.5 Å². The number of hydrogen-bond donors (Lipinski definition) is 3. The molecule has 2 heterocycles. The SMILES string of the molecule is OCCNc1cc(N2CCOCC2)cc(CS)n1. The average molecular weight is 269 g/mol. The summed E-state index contributed by atoms with van der Waals surface area (Å²) >= 11 is 4.28. The van der Waals surface area contributed by atoms with Gasteiger partial charge in [0.15, 0.2) is 0 Å². The molecule has 0 bridgehead atoms. The van der Waals surface area contributed by atoms with Crippen molar-refractivity contribution >= 4 is 24.1 Å². The third kappa shape index (κ3) is 3.51. The number of nitrogens with one attached hydrogen (secondary N) is 1. The summed E-state index contributed by atoms with van der Waals surface area (Å²) in [5.41, 5.74) is 2.07. The molecule has 18 heavy (non-hydrogen) atoms. The van der Waals surface area contributed by atoms with Gasteiger partial charge in [0.25, 0.3) is 0 Å². The molecule has 1 saturated heterocycles. The van der Waals surface area contributed by atoms with Gasteiger partial charge in [-0.1, -0.05) is 0 Å². The predicted molar refractivity (Wildman–Crippen MR) is 75.5 cm³/mol. The molecule has 2 N–H and O–H groups in total. The minimum absolute atomic E-state index is 0.0969. The van der Waals surface area contributed by atoms with E-state index in [1.807, 2.05) is 6.07 Å². The minimum Gasteiger partial charge on any atom is -0.395 e. The molecule has 1 aliphatic heterocycles. The van der Waals surface area contributed by atoms with E-state index in [0.29, 0.717) is 12.3 Å². The fourth-order valence-corrected chi connectivity index (χ4v) is 2.09. The van der Waals surface area contributed by atoms with Crippen LogP contribution in [0.2, 0.25) is 0 Å². The van der Waals surface area contributed by atoms with Crippen LogP contribution < -0.4 is 10.2 Å². The summed E-state index contributed by atoms with van der Waals surface area (Å²) in [7, 11) is 0. The highest BCUT2D eigenvalue weighted by Gasteiger charge is 2.13. The molecule has 0 amide bonds. The number of hydrogen-bond acceptors (Lipinski definition) is 6. The van der Waals surface area contributed by atoms with Crippen LogP contribution in [0.15, 0.2) is 12.1 Å². The van der Waals surface area contributed by atoms with Crippen LogP contribution in [0, 0.1) is 0 Å². The van der Waals surface area contributed by atoms with Crippen LogP contribution in [-0.2, 0) is 10.5 Å². The van der Waals surface area contributed by atoms with E-state index >= 15 is 0 Å². The number of aromatic nitrogens is 1. The Hall–Kier alpha value is -0.980. The van der Waals surface area contributed by atoms with Gasteiger partial charge in [0.1, 0.15) is 5.82 Å². The fraction of sp³-hybridized carbons (Fsp3) is 0.583. The van der Waals surface area contributed by atoms with Gasteiger partial charge in [-0.25, -0.2) is 4.98 Å².